The van der Waals surface area contributed by atoms with Gasteiger partial charge in [-0.1, -0.05) is 79.2 Å². The molecule has 1 heterocycles. The molecule has 0 unspecified atom stereocenters. The van der Waals surface area contributed by atoms with Crippen LogP contribution in [-0.4, -0.2) is 21.0 Å². The maximum absolute atomic E-state index is 12.3. The molecule has 0 aliphatic carbocycles. The molecule has 0 aliphatic rings. The fourth-order valence-electron chi connectivity index (χ4n) is 2.77. The highest BCUT2D eigenvalue weighted by atomic mass is 35.5. The lowest BCUT2D eigenvalue weighted by Crippen LogP contribution is -2.22. The predicted molar refractivity (Wildman–Crippen MR) is 118 cm³/mol. The highest BCUT2D eigenvalue weighted by Gasteiger charge is 2.18. The first-order valence-electron chi connectivity index (χ1n) is 9.16. The zero-order chi connectivity index (χ0) is 21.7. The monoisotopic (exact) mass is 442 g/mol. The Bertz CT molecular complexity index is 1100. The number of nitrogens with one attached hydrogen (secondary N) is 1. The van der Waals surface area contributed by atoms with Crippen molar-refractivity contribution in [3.8, 4) is 0 Å². The Kier molecular flexibility index (Phi) is 6.91. The summed E-state index contributed by atoms with van der Waals surface area (Å²) in [4.78, 5) is 23.3. The first-order chi connectivity index (χ1) is 14.3. The van der Waals surface area contributed by atoms with Gasteiger partial charge < -0.3 is 5.32 Å². The van der Waals surface area contributed by atoms with Gasteiger partial charge in [0.15, 0.2) is 5.01 Å². The number of hydrogen-bond donors (Lipinski definition) is 1. The molecule has 9 heteroatoms. The van der Waals surface area contributed by atoms with E-state index in [1.807, 2.05) is 44.2 Å². The van der Waals surface area contributed by atoms with E-state index in [1.165, 1.54) is 6.07 Å². The molecule has 0 saturated carbocycles. The van der Waals surface area contributed by atoms with E-state index in [0.29, 0.717) is 22.7 Å². The van der Waals surface area contributed by atoms with Gasteiger partial charge in [0.05, 0.1) is 9.96 Å². The molecule has 2 aromatic carbocycles. The third kappa shape index (κ3) is 5.28. The van der Waals surface area contributed by atoms with Crippen LogP contribution in [0, 0.1) is 10.1 Å². The number of nitrogens with zero attached hydrogens (tertiary/aromatic N) is 3. The van der Waals surface area contributed by atoms with E-state index >= 15 is 0 Å². The van der Waals surface area contributed by atoms with Crippen LogP contribution < -0.4 is 5.32 Å². The minimum absolute atomic E-state index is 0.0269. The largest absolute Gasteiger partial charge is 0.346 e. The van der Waals surface area contributed by atoms with Crippen molar-refractivity contribution < 1.29 is 9.72 Å². The van der Waals surface area contributed by atoms with Crippen LogP contribution in [0.1, 0.15) is 51.3 Å². The third-order valence-electron chi connectivity index (χ3n) is 4.29. The van der Waals surface area contributed by atoms with Crippen LogP contribution in [0.2, 0.25) is 0 Å². The molecule has 1 amide bonds. The lowest BCUT2D eigenvalue weighted by atomic mass is 9.99. The van der Waals surface area contributed by atoms with Gasteiger partial charge in [-0.05, 0) is 23.1 Å². The minimum atomic E-state index is -0.402. The van der Waals surface area contributed by atoms with Gasteiger partial charge in [-0.2, -0.15) is 0 Å². The lowest BCUT2D eigenvalue weighted by molar-refractivity contribution is -0.385. The van der Waals surface area contributed by atoms with Gasteiger partial charge in [-0.3, -0.25) is 14.9 Å². The standard InChI is InChI=1S/C21H19ClN4O3S/c1-13(2)16-9-8-15(11-18(16)26(28)29)10-17(22)20-24-25-21(30-20)19(27)23-12-14-6-4-3-5-7-14/h3-11,13H,12H2,1-2H3,(H,23,27)/b17-10-. The van der Waals surface area contributed by atoms with E-state index in [-0.39, 0.29) is 27.6 Å². The molecule has 7 nitrogen and oxygen atoms in total. The van der Waals surface area contributed by atoms with E-state index in [4.69, 9.17) is 11.6 Å². The minimum Gasteiger partial charge on any atom is -0.346 e. The van der Waals surface area contributed by atoms with Gasteiger partial charge in [0.2, 0.25) is 5.01 Å². The highest BCUT2D eigenvalue weighted by Crippen LogP contribution is 2.30. The molecule has 0 saturated heterocycles. The molecule has 1 N–H and O–H groups in total. The summed E-state index contributed by atoms with van der Waals surface area (Å²) in [5.74, 6) is -0.317. The van der Waals surface area contributed by atoms with Crippen molar-refractivity contribution in [1.29, 1.82) is 0 Å². The summed E-state index contributed by atoms with van der Waals surface area (Å²) in [6.45, 7) is 4.18. The SMILES string of the molecule is CC(C)c1ccc(/C=C(\Cl)c2nnc(C(=O)NCc3ccccc3)s2)cc1[N+](=O)[O-]. The Morgan fingerprint density at radius 2 is 1.90 bits per heavy atom. The fraction of sp³-hybridized carbons (Fsp3) is 0.190. The normalized spacial score (nSPS) is 11.5. The van der Waals surface area contributed by atoms with Gasteiger partial charge in [-0.15, -0.1) is 10.2 Å². The van der Waals surface area contributed by atoms with Crippen LogP contribution in [0.25, 0.3) is 11.1 Å². The van der Waals surface area contributed by atoms with Gasteiger partial charge in [0.1, 0.15) is 0 Å². The van der Waals surface area contributed by atoms with Crippen LogP contribution in [0.5, 0.6) is 0 Å². The maximum Gasteiger partial charge on any atom is 0.282 e. The molecular formula is C21H19ClN4O3S. The van der Waals surface area contributed by atoms with Crippen LogP contribution in [0.4, 0.5) is 5.69 Å². The number of halogens is 1. The van der Waals surface area contributed by atoms with E-state index in [2.05, 4.69) is 15.5 Å². The summed E-state index contributed by atoms with van der Waals surface area (Å²) in [7, 11) is 0. The van der Waals surface area contributed by atoms with Gasteiger partial charge in [0, 0.05) is 18.2 Å². The number of nitro benzene ring substituents is 1. The summed E-state index contributed by atoms with van der Waals surface area (Å²) in [6.07, 6.45) is 1.57. The number of nitro groups is 1. The van der Waals surface area contributed by atoms with Crippen molar-refractivity contribution in [3.63, 3.8) is 0 Å². The van der Waals surface area contributed by atoms with Crippen LogP contribution in [0.15, 0.2) is 48.5 Å². The molecule has 0 radical (unpaired) electrons. The average molecular weight is 443 g/mol. The zero-order valence-electron chi connectivity index (χ0n) is 16.3. The van der Waals surface area contributed by atoms with E-state index in [0.717, 1.165) is 16.9 Å². The molecule has 30 heavy (non-hydrogen) atoms. The summed E-state index contributed by atoms with van der Waals surface area (Å²) in [6, 6.07) is 14.5. The zero-order valence-corrected chi connectivity index (χ0v) is 17.9. The predicted octanol–water partition coefficient (Wildman–Crippen LogP) is 5.24. The number of hydrogen-bond acceptors (Lipinski definition) is 6. The molecule has 3 aromatic rings. The van der Waals surface area contributed by atoms with Crippen LogP contribution in [0.3, 0.4) is 0 Å². The lowest BCUT2D eigenvalue weighted by Gasteiger charge is -2.07. The van der Waals surface area contributed by atoms with Crippen LogP contribution in [-0.2, 0) is 6.54 Å². The second-order valence-electron chi connectivity index (χ2n) is 6.80. The molecule has 0 atom stereocenters. The molecule has 0 bridgehead atoms. The molecular weight excluding hydrogens is 424 g/mol. The number of aromatic nitrogens is 2. The summed E-state index contributed by atoms with van der Waals surface area (Å²) in [5, 5.41) is 22.8. The Morgan fingerprint density at radius 1 is 1.20 bits per heavy atom. The van der Waals surface area contributed by atoms with Crippen molar-refractivity contribution in [1.82, 2.24) is 15.5 Å². The Labute approximate surface area is 182 Å². The Hall–Kier alpha value is -3.10. The van der Waals surface area contributed by atoms with Gasteiger partial charge in [0.25, 0.3) is 11.6 Å². The molecule has 0 fully saturated rings. The number of rotatable bonds is 7. The average Bonchev–Trinajstić information content (AvgIpc) is 3.23. The third-order valence-corrected chi connectivity index (χ3v) is 5.64. The molecule has 154 valence electrons. The quantitative estimate of drug-likeness (QED) is 0.398. The fourth-order valence-corrected chi connectivity index (χ4v) is 3.72. The number of carbonyl (C=O) groups excluding carboxylic acids is 1. The van der Waals surface area contributed by atoms with Crippen molar-refractivity contribution in [2.24, 2.45) is 0 Å². The Balaban J connectivity index is 1.74. The maximum atomic E-state index is 12.3. The Morgan fingerprint density at radius 3 is 2.57 bits per heavy atom. The van der Waals surface area contributed by atoms with E-state index in [9.17, 15) is 14.9 Å². The number of amides is 1. The second-order valence-corrected chi connectivity index (χ2v) is 8.19. The van der Waals surface area contributed by atoms with Gasteiger partial charge >= 0.3 is 0 Å². The van der Waals surface area contributed by atoms with Crippen molar-refractivity contribution in [2.45, 2.75) is 26.3 Å². The summed E-state index contributed by atoms with van der Waals surface area (Å²) >= 11 is 7.39. The smallest absolute Gasteiger partial charge is 0.282 e. The molecule has 1 aromatic heterocycles. The molecule has 0 spiro atoms. The van der Waals surface area contributed by atoms with Gasteiger partial charge in [-0.25, -0.2) is 0 Å². The number of carbonyl (C=O) groups is 1. The van der Waals surface area contributed by atoms with Crippen molar-refractivity contribution >= 4 is 45.6 Å². The summed E-state index contributed by atoms with van der Waals surface area (Å²) in [5.41, 5.74) is 2.24. The van der Waals surface area contributed by atoms with E-state index < -0.39 is 4.92 Å². The summed E-state index contributed by atoms with van der Waals surface area (Å²) < 4.78 is 0. The number of benzene rings is 2. The van der Waals surface area contributed by atoms with Crippen molar-refractivity contribution in [2.75, 3.05) is 0 Å². The highest BCUT2D eigenvalue weighted by molar-refractivity contribution is 7.15. The van der Waals surface area contributed by atoms with Crippen LogP contribution >= 0.6 is 22.9 Å². The molecule has 0 aliphatic heterocycles. The topological polar surface area (TPSA) is 98.0 Å². The molecule has 3 rings (SSSR count). The van der Waals surface area contributed by atoms with Crippen molar-refractivity contribution in [3.05, 3.63) is 85.4 Å². The first kappa shape index (κ1) is 21.6. The second kappa shape index (κ2) is 9.60. The van der Waals surface area contributed by atoms with E-state index in [1.54, 1.807) is 18.2 Å². The first-order valence-corrected chi connectivity index (χ1v) is 10.4.